The topological polar surface area (TPSA) is 47.1 Å². The third kappa shape index (κ3) is 3.10. The first-order valence-electron chi connectivity index (χ1n) is 7.31. The van der Waals surface area contributed by atoms with Gasteiger partial charge >= 0.3 is 0 Å². The van der Waals surface area contributed by atoms with Gasteiger partial charge in [-0.05, 0) is 32.2 Å². The van der Waals surface area contributed by atoms with Crippen LogP contribution in [-0.2, 0) is 20.0 Å². The minimum absolute atomic E-state index is 0.692. The zero-order valence-electron chi connectivity index (χ0n) is 12.2. The Balaban J connectivity index is 1.57. The van der Waals surface area contributed by atoms with E-state index in [4.69, 9.17) is 4.52 Å². The van der Waals surface area contributed by atoms with Gasteiger partial charge in [0, 0.05) is 45.0 Å². The quantitative estimate of drug-likeness (QED) is 0.857. The molecule has 2 aromatic rings. The summed E-state index contributed by atoms with van der Waals surface area (Å²) in [5, 5.41) is 4.09. The fraction of sp³-hybridized carbons (Fsp3) is 0.600. The van der Waals surface area contributed by atoms with Crippen molar-refractivity contribution in [3.8, 4) is 0 Å². The highest BCUT2D eigenvalue weighted by Gasteiger charge is 2.22. The first kappa shape index (κ1) is 13.4. The highest BCUT2D eigenvalue weighted by atomic mass is 16.5. The van der Waals surface area contributed by atoms with Crippen LogP contribution in [0.5, 0.6) is 0 Å². The summed E-state index contributed by atoms with van der Waals surface area (Å²) in [6.45, 7) is 5.12. The maximum absolute atomic E-state index is 5.14. The highest BCUT2D eigenvalue weighted by Crippen LogP contribution is 2.21. The number of hydrogen-bond donors (Lipinski definition) is 0. The van der Waals surface area contributed by atoms with Crippen LogP contribution in [0.4, 0.5) is 0 Å². The van der Waals surface area contributed by atoms with Crippen molar-refractivity contribution in [2.75, 3.05) is 13.1 Å². The maximum Gasteiger partial charge on any atom is 0.133 e. The Morgan fingerprint density at radius 2 is 2.35 bits per heavy atom. The highest BCUT2D eigenvalue weighted by molar-refractivity contribution is 5.03. The SMILES string of the molecule is Cc1cc(CN2CCC[C@@H](Cc3nccn3C)C2)no1. The zero-order chi connectivity index (χ0) is 13.9. The first-order valence-corrected chi connectivity index (χ1v) is 7.31. The van der Waals surface area contributed by atoms with E-state index in [1.54, 1.807) is 0 Å². The van der Waals surface area contributed by atoms with Crippen molar-refractivity contribution in [1.82, 2.24) is 19.6 Å². The van der Waals surface area contributed by atoms with Gasteiger partial charge in [-0.2, -0.15) is 0 Å². The summed E-state index contributed by atoms with van der Waals surface area (Å²) in [5.74, 6) is 2.77. The lowest BCUT2D eigenvalue weighted by molar-refractivity contribution is 0.161. The average molecular weight is 274 g/mol. The lowest BCUT2D eigenvalue weighted by Crippen LogP contribution is -2.36. The lowest BCUT2D eigenvalue weighted by atomic mass is 9.94. The molecule has 20 heavy (non-hydrogen) atoms. The molecule has 1 aliphatic rings. The van der Waals surface area contributed by atoms with Crippen LogP contribution in [0, 0.1) is 12.8 Å². The van der Waals surface area contributed by atoms with Gasteiger partial charge < -0.3 is 9.09 Å². The molecule has 1 fully saturated rings. The van der Waals surface area contributed by atoms with Gasteiger partial charge in [-0.25, -0.2) is 4.98 Å². The number of imidazole rings is 1. The Bertz CT molecular complexity index is 560. The summed E-state index contributed by atoms with van der Waals surface area (Å²) in [4.78, 5) is 6.92. The second kappa shape index (κ2) is 5.79. The van der Waals surface area contributed by atoms with Crippen LogP contribution in [0.2, 0.25) is 0 Å². The smallest absolute Gasteiger partial charge is 0.133 e. The Labute approximate surface area is 119 Å². The third-order valence-electron chi connectivity index (χ3n) is 4.06. The van der Waals surface area contributed by atoms with Gasteiger partial charge in [0.2, 0.25) is 0 Å². The Kier molecular flexibility index (Phi) is 3.87. The minimum Gasteiger partial charge on any atom is -0.361 e. The fourth-order valence-corrected chi connectivity index (χ4v) is 3.03. The molecule has 0 unspecified atom stereocenters. The van der Waals surface area contributed by atoms with Crippen LogP contribution >= 0.6 is 0 Å². The normalized spacial score (nSPS) is 20.4. The number of hydrogen-bond acceptors (Lipinski definition) is 4. The van der Waals surface area contributed by atoms with Crippen molar-refractivity contribution in [1.29, 1.82) is 0 Å². The van der Waals surface area contributed by atoms with E-state index in [2.05, 4.69) is 26.7 Å². The molecule has 5 heteroatoms. The monoisotopic (exact) mass is 274 g/mol. The number of nitrogens with zero attached hydrogens (tertiary/aromatic N) is 4. The van der Waals surface area contributed by atoms with Gasteiger partial charge in [0.15, 0.2) is 0 Å². The summed E-state index contributed by atoms with van der Waals surface area (Å²) >= 11 is 0. The molecule has 5 nitrogen and oxygen atoms in total. The second-order valence-electron chi connectivity index (χ2n) is 5.83. The van der Waals surface area contributed by atoms with E-state index in [1.165, 1.54) is 18.7 Å². The first-order chi connectivity index (χ1) is 9.70. The molecular weight excluding hydrogens is 252 g/mol. The molecule has 0 amide bonds. The van der Waals surface area contributed by atoms with Crippen molar-refractivity contribution in [3.05, 3.63) is 35.7 Å². The van der Waals surface area contributed by atoms with Crippen molar-refractivity contribution < 1.29 is 4.52 Å². The van der Waals surface area contributed by atoms with Gasteiger partial charge in [-0.15, -0.1) is 0 Å². The summed E-state index contributed by atoms with van der Waals surface area (Å²) in [7, 11) is 2.07. The molecule has 0 bridgehead atoms. The Morgan fingerprint density at radius 3 is 3.05 bits per heavy atom. The summed E-state index contributed by atoms with van der Waals surface area (Å²) in [6.07, 6.45) is 7.52. The van der Waals surface area contributed by atoms with Crippen molar-refractivity contribution in [3.63, 3.8) is 0 Å². The molecule has 0 aromatic carbocycles. The van der Waals surface area contributed by atoms with Gasteiger partial charge in [0.1, 0.15) is 11.6 Å². The molecule has 0 N–H and O–H groups in total. The Hall–Kier alpha value is -1.62. The largest absolute Gasteiger partial charge is 0.361 e. The van der Waals surface area contributed by atoms with Gasteiger partial charge in [-0.1, -0.05) is 5.16 Å². The average Bonchev–Trinajstić information content (AvgIpc) is 3.00. The standard InChI is InChI=1S/C15H22N4O/c1-12-8-14(17-20-12)11-19-6-3-4-13(10-19)9-15-16-5-7-18(15)2/h5,7-8,13H,3-4,6,9-11H2,1-2H3/t13-/m0/s1. The van der Waals surface area contributed by atoms with E-state index < -0.39 is 0 Å². The van der Waals surface area contributed by atoms with Gasteiger partial charge in [0.25, 0.3) is 0 Å². The van der Waals surface area contributed by atoms with Crippen molar-refractivity contribution in [2.45, 2.75) is 32.7 Å². The predicted octanol–water partition coefficient (Wildman–Crippen LogP) is 2.17. The van der Waals surface area contributed by atoms with E-state index in [0.717, 1.165) is 37.5 Å². The molecule has 0 spiro atoms. The number of likely N-dealkylation sites (tertiary alicyclic amines) is 1. The van der Waals surface area contributed by atoms with E-state index in [0.29, 0.717) is 5.92 Å². The fourth-order valence-electron chi connectivity index (χ4n) is 3.03. The number of aromatic nitrogens is 3. The Morgan fingerprint density at radius 1 is 1.45 bits per heavy atom. The number of piperidine rings is 1. The van der Waals surface area contributed by atoms with Crippen LogP contribution in [0.15, 0.2) is 23.0 Å². The van der Waals surface area contributed by atoms with Crippen LogP contribution in [0.1, 0.15) is 30.1 Å². The second-order valence-corrected chi connectivity index (χ2v) is 5.83. The third-order valence-corrected chi connectivity index (χ3v) is 4.06. The van der Waals surface area contributed by atoms with Crippen LogP contribution in [0.25, 0.3) is 0 Å². The van der Waals surface area contributed by atoms with Crippen LogP contribution in [0.3, 0.4) is 0 Å². The van der Waals surface area contributed by atoms with E-state index in [1.807, 2.05) is 25.4 Å². The molecule has 3 heterocycles. The molecular formula is C15H22N4O. The zero-order valence-corrected chi connectivity index (χ0v) is 12.2. The molecule has 1 atom stereocenters. The molecule has 1 saturated heterocycles. The molecule has 0 saturated carbocycles. The molecule has 2 aromatic heterocycles. The van der Waals surface area contributed by atoms with E-state index in [9.17, 15) is 0 Å². The predicted molar refractivity (Wildman–Crippen MR) is 76.2 cm³/mol. The molecule has 108 valence electrons. The summed E-state index contributed by atoms with van der Waals surface area (Å²) in [5.41, 5.74) is 1.04. The van der Waals surface area contributed by atoms with Crippen LogP contribution in [-0.4, -0.2) is 32.7 Å². The van der Waals surface area contributed by atoms with Gasteiger partial charge in [-0.3, -0.25) is 4.90 Å². The summed E-state index contributed by atoms with van der Waals surface area (Å²) < 4.78 is 7.27. The van der Waals surface area contributed by atoms with Gasteiger partial charge in [0.05, 0.1) is 5.69 Å². The van der Waals surface area contributed by atoms with E-state index in [-0.39, 0.29) is 0 Å². The molecule has 1 aliphatic heterocycles. The minimum atomic E-state index is 0.692. The molecule has 0 aliphatic carbocycles. The van der Waals surface area contributed by atoms with Crippen LogP contribution < -0.4 is 0 Å². The maximum atomic E-state index is 5.14. The number of aryl methyl sites for hydroxylation is 2. The lowest BCUT2D eigenvalue weighted by Gasteiger charge is -2.32. The number of rotatable bonds is 4. The summed E-state index contributed by atoms with van der Waals surface area (Å²) in [6, 6.07) is 2.03. The molecule has 0 radical (unpaired) electrons. The van der Waals surface area contributed by atoms with Crippen molar-refractivity contribution in [2.24, 2.45) is 13.0 Å². The van der Waals surface area contributed by atoms with E-state index >= 15 is 0 Å². The molecule has 3 rings (SSSR count). The van der Waals surface area contributed by atoms with Crippen molar-refractivity contribution >= 4 is 0 Å².